The molecule has 9 heteroatoms. The number of benzene rings is 2. The highest BCUT2D eigenvalue weighted by Gasteiger charge is 2.36. The van der Waals surface area contributed by atoms with Crippen LogP contribution >= 0.6 is 0 Å². The lowest BCUT2D eigenvalue weighted by molar-refractivity contribution is -0.274. The first kappa shape index (κ1) is 18.7. The molecule has 0 unspecified atom stereocenters. The first-order valence-corrected chi connectivity index (χ1v) is 7.97. The number of rotatable bonds is 6. The predicted molar refractivity (Wildman–Crippen MR) is 89.4 cm³/mol. The van der Waals surface area contributed by atoms with Crippen LogP contribution in [-0.2, 0) is 0 Å². The third kappa shape index (κ3) is 4.37. The molecule has 0 saturated heterocycles. The molecule has 1 heterocycles. The molecule has 1 aliphatic heterocycles. The minimum atomic E-state index is -4.77. The van der Waals surface area contributed by atoms with Gasteiger partial charge in [-0.15, -0.1) is 13.2 Å². The molecule has 0 bridgehead atoms. The number of nitrogens with zero attached hydrogens (tertiary/aromatic N) is 1. The highest BCUT2D eigenvalue weighted by Crippen LogP contribution is 2.24. The monoisotopic (exact) mass is 380 g/mol. The van der Waals surface area contributed by atoms with E-state index in [0.717, 1.165) is 17.0 Å². The van der Waals surface area contributed by atoms with E-state index in [1.54, 1.807) is 24.3 Å². The van der Waals surface area contributed by atoms with Gasteiger partial charge in [-0.25, -0.2) is 0 Å². The van der Waals surface area contributed by atoms with Crippen LogP contribution in [0, 0.1) is 0 Å². The van der Waals surface area contributed by atoms with Crippen molar-refractivity contribution < 1.29 is 32.6 Å². The summed E-state index contributed by atoms with van der Waals surface area (Å²) < 4.78 is 40.1. The van der Waals surface area contributed by atoms with E-state index in [9.17, 15) is 27.9 Å². The smallest absolute Gasteiger partial charge is 0.406 e. The van der Waals surface area contributed by atoms with Gasteiger partial charge >= 0.3 is 6.36 Å². The van der Waals surface area contributed by atoms with Crippen molar-refractivity contribution in [3.8, 4) is 5.75 Å². The van der Waals surface area contributed by atoms with Crippen molar-refractivity contribution in [1.82, 2.24) is 4.90 Å². The Hall–Kier alpha value is -3.07. The zero-order valence-electron chi connectivity index (χ0n) is 13.9. The van der Waals surface area contributed by atoms with E-state index in [0.29, 0.717) is 16.8 Å². The van der Waals surface area contributed by atoms with Gasteiger partial charge in [0, 0.05) is 12.2 Å². The summed E-state index contributed by atoms with van der Waals surface area (Å²) in [6, 6.07) is 11.4. The zero-order chi connectivity index (χ0) is 19.6. The highest BCUT2D eigenvalue weighted by atomic mass is 19.4. The molecule has 2 aromatic carbocycles. The molecule has 2 aromatic rings. The Morgan fingerprint density at radius 3 is 2.07 bits per heavy atom. The first-order chi connectivity index (χ1) is 12.7. The Labute approximate surface area is 152 Å². The maximum atomic E-state index is 12.2. The molecule has 0 fully saturated rings. The summed E-state index contributed by atoms with van der Waals surface area (Å²) in [5.41, 5.74) is 1.04. The van der Waals surface area contributed by atoms with Crippen LogP contribution in [0.15, 0.2) is 48.5 Å². The van der Waals surface area contributed by atoms with Crippen molar-refractivity contribution in [3.63, 3.8) is 0 Å². The molecule has 0 aromatic heterocycles. The van der Waals surface area contributed by atoms with Crippen molar-refractivity contribution in [2.24, 2.45) is 0 Å². The first-order valence-electron chi connectivity index (χ1n) is 7.97. The number of aliphatic hydroxyl groups is 1. The number of hydrogen-bond acceptors (Lipinski definition) is 5. The van der Waals surface area contributed by atoms with E-state index < -0.39 is 24.3 Å². The lowest BCUT2D eigenvalue weighted by atomic mass is 10.1. The van der Waals surface area contributed by atoms with Gasteiger partial charge in [0.15, 0.2) is 0 Å². The van der Waals surface area contributed by atoms with Gasteiger partial charge in [0.1, 0.15) is 5.75 Å². The molecule has 1 atom stereocenters. The number of carbonyl (C=O) groups is 2. The molecule has 0 radical (unpaired) electrons. The SMILES string of the molecule is O=C1c2ccccc2C(=O)N1C[C@H](O)CNc1ccc(OC(F)(F)F)cc1. The number of fused-ring (bicyclic) bond motifs is 1. The van der Waals surface area contributed by atoms with E-state index in [1.165, 1.54) is 12.1 Å². The average Bonchev–Trinajstić information content (AvgIpc) is 2.85. The Bertz CT molecular complexity index is 817. The van der Waals surface area contributed by atoms with Crippen molar-refractivity contribution in [2.45, 2.75) is 12.5 Å². The number of halogens is 3. The van der Waals surface area contributed by atoms with Crippen LogP contribution in [0.5, 0.6) is 5.75 Å². The van der Waals surface area contributed by atoms with E-state index in [-0.39, 0.29) is 18.8 Å². The molecule has 0 saturated carbocycles. The molecule has 6 nitrogen and oxygen atoms in total. The molecule has 2 N–H and O–H groups in total. The number of imide groups is 1. The van der Waals surface area contributed by atoms with Gasteiger partial charge in [-0.3, -0.25) is 14.5 Å². The maximum absolute atomic E-state index is 12.2. The van der Waals surface area contributed by atoms with E-state index in [1.807, 2.05) is 0 Å². The number of amides is 2. The summed E-state index contributed by atoms with van der Waals surface area (Å²) in [6.45, 7) is -0.207. The van der Waals surface area contributed by atoms with Crippen molar-refractivity contribution in [2.75, 3.05) is 18.4 Å². The summed E-state index contributed by atoms with van der Waals surface area (Å²) >= 11 is 0. The second-order valence-corrected chi connectivity index (χ2v) is 5.87. The minimum absolute atomic E-state index is 0.00706. The van der Waals surface area contributed by atoms with Crippen LogP contribution in [0.25, 0.3) is 0 Å². The van der Waals surface area contributed by atoms with Gasteiger partial charge < -0.3 is 15.2 Å². The van der Waals surface area contributed by atoms with Crippen LogP contribution in [0.2, 0.25) is 0 Å². The van der Waals surface area contributed by atoms with Crippen molar-refractivity contribution in [3.05, 3.63) is 59.7 Å². The average molecular weight is 380 g/mol. The van der Waals surface area contributed by atoms with Crippen LogP contribution in [0.3, 0.4) is 0 Å². The molecule has 0 spiro atoms. The lowest BCUT2D eigenvalue weighted by Gasteiger charge is -2.19. The van der Waals surface area contributed by atoms with Crippen molar-refractivity contribution >= 4 is 17.5 Å². The van der Waals surface area contributed by atoms with Crippen LogP contribution < -0.4 is 10.1 Å². The van der Waals surface area contributed by atoms with E-state index in [2.05, 4.69) is 10.1 Å². The Morgan fingerprint density at radius 1 is 1.00 bits per heavy atom. The fourth-order valence-electron chi connectivity index (χ4n) is 2.69. The maximum Gasteiger partial charge on any atom is 0.573 e. The number of alkyl halides is 3. The number of ether oxygens (including phenoxy) is 1. The largest absolute Gasteiger partial charge is 0.573 e. The molecule has 27 heavy (non-hydrogen) atoms. The number of carbonyl (C=O) groups excluding carboxylic acids is 2. The quantitative estimate of drug-likeness (QED) is 0.754. The Balaban J connectivity index is 1.54. The van der Waals surface area contributed by atoms with Gasteiger partial charge in [-0.05, 0) is 36.4 Å². The molecule has 0 aliphatic carbocycles. The van der Waals surface area contributed by atoms with Gasteiger partial charge in [0.2, 0.25) is 0 Å². The van der Waals surface area contributed by atoms with Crippen molar-refractivity contribution in [1.29, 1.82) is 0 Å². The fraction of sp³-hybridized carbons (Fsp3) is 0.222. The molecule has 2 amide bonds. The van der Waals surface area contributed by atoms with Gasteiger partial charge in [-0.1, -0.05) is 12.1 Å². The summed E-state index contributed by atoms with van der Waals surface area (Å²) in [5.74, 6) is -1.30. The summed E-state index contributed by atoms with van der Waals surface area (Å²) in [4.78, 5) is 25.4. The number of hydrogen-bond donors (Lipinski definition) is 2. The third-order valence-electron chi connectivity index (χ3n) is 3.90. The van der Waals surface area contributed by atoms with Crippen LogP contribution in [0.4, 0.5) is 18.9 Å². The second-order valence-electron chi connectivity index (χ2n) is 5.87. The normalized spacial score (nSPS) is 14.9. The minimum Gasteiger partial charge on any atom is -0.406 e. The molecular weight excluding hydrogens is 365 g/mol. The standard InChI is InChI=1S/C18H15F3N2O4/c19-18(20,21)27-13-7-5-11(6-8-13)22-9-12(24)10-23-16(25)14-3-1-2-4-15(14)17(23)26/h1-8,12,22,24H,9-10H2/t12-/m1/s1. The van der Waals surface area contributed by atoms with Gasteiger partial charge in [-0.2, -0.15) is 0 Å². The molecule has 3 rings (SSSR count). The summed E-state index contributed by atoms with van der Waals surface area (Å²) in [7, 11) is 0. The molecule has 1 aliphatic rings. The third-order valence-corrected chi connectivity index (χ3v) is 3.90. The highest BCUT2D eigenvalue weighted by molar-refractivity contribution is 6.21. The number of aliphatic hydroxyl groups excluding tert-OH is 1. The van der Waals surface area contributed by atoms with Gasteiger partial charge in [0.05, 0.1) is 23.8 Å². The Morgan fingerprint density at radius 2 is 1.56 bits per heavy atom. The summed E-state index contributed by atoms with van der Waals surface area (Å²) in [5, 5.41) is 12.9. The number of anilines is 1. The lowest BCUT2D eigenvalue weighted by Crippen LogP contribution is -2.39. The van der Waals surface area contributed by atoms with E-state index >= 15 is 0 Å². The second kappa shape index (κ2) is 7.28. The zero-order valence-corrected chi connectivity index (χ0v) is 13.9. The summed E-state index contributed by atoms with van der Waals surface area (Å²) in [6.07, 6.45) is -5.82. The number of β-amino-alcohol motifs (C(OH)–C–C–N with tert-alkyl or cyclic N) is 1. The number of nitrogens with one attached hydrogen (secondary N) is 1. The van der Waals surface area contributed by atoms with E-state index in [4.69, 9.17) is 0 Å². The molecular formula is C18H15F3N2O4. The van der Waals surface area contributed by atoms with Crippen LogP contribution in [0.1, 0.15) is 20.7 Å². The predicted octanol–water partition coefficient (Wildman–Crippen LogP) is 2.65. The van der Waals surface area contributed by atoms with Gasteiger partial charge in [0.25, 0.3) is 11.8 Å². The fourth-order valence-corrected chi connectivity index (χ4v) is 2.69. The molecule has 142 valence electrons. The van der Waals surface area contributed by atoms with Crippen LogP contribution in [-0.4, -0.2) is 47.4 Å². The topological polar surface area (TPSA) is 78.9 Å². The Kier molecular flexibility index (Phi) is 5.04.